The fraction of sp³-hybridized carbons (Fsp3) is 0.742. The second-order valence-electron chi connectivity index (χ2n) is 13.1. The molecular formula is C31H43F5N4O3. The number of carboxylic acids is 1. The summed E-state index contributed by atoms with van der Waals surface area (Å²) in [6.07, 6.45) is -0.750. The van der Waals surface area contributed by atoms with Crippen molar-refractivity contribution in [1.82, 2.24) is 14.7 Å². The molecule has 4 saturated heterocycles. The Morgan fingerprint density at radius 3 is 2.26 bits per heavy atom. The number of hydrogen-bond donors (Lipinski definition) is 1. The smallest absolute Gasteiger partial charge is 0.416 e. The van der Waals surface area contributed by atoms with Gasteiger partial charge in [0.15, 0.2) is 0 Å². The van der Waals surface area contributed by atoms with Crippen LogP contribution in [0.3, 0.4) is 0 Å². The van der Waals surface area contributed by atoms with Crippen LogP contribution in [0.25, 0.3) is 0 Å². The fourth-order valence-corrected chi connectivity index (χ4v) is 7.62. The molecule has 1 aromatic rings. The summed E-state index contributed by atoms with van der Waals surface area (Å²) in [6, 6.07) is 3.44. The maximum Gasteiger partial charge on any atom is 0.416 e. The van der Waals surface area contributed by atoms with E-state index in [0.29, 0.717) is 70.8 Å². The highest BCUT2D eigenvalue weighted by molar-refractivity contribution is 5.83. The zero-order chi connectivity index (χ0) is 30.9. The van der Waals surface area contributed by atoms with E-state index in [4.69, 9.17) is 0 Å². The largest absolute Gasteiger partial charge is 0.481 e. The number of carbonyl (C=O) groups excluding carboxylic acids is 1. The first-order valence-electron chi connectivity index (χ1n) is 15.5. The first kappa shape index (κ1) is 31.9. The van der Waals surface area contributed by atoms with Crippen LogP contribution in [-0.4, -0.2) is 109 Å². The molecular weight excluding hydrogens is 571 g/mol. The number of benzene rings is 1. The van der Waals surface area contributed by atoms with Gasteiger partial charge in [0.2, 0.25) is 5.91 Å². The fourth-order valence-electron chi connectivity index (χ4n) is 7.62. The molecule has 0 aromatic heterocycles. The predicted molar refractivity (Wildman–Crippen MR) is 153 cm³/mol. The van der Waals surface area contributed by atoms with Crippen molar-refractivity contribution < 1.29 is 36.6 Å². The Morgan fingerprint density at radius 2 is 1.65 bits per heavy atom. The first-order chi connectivity index (χ1) is 20.4. The maximum absolute atomic E-state index is 13.9. The Balaban J connectivity index is 1.24. The molecule has 12 heteroatoms. The van der Waals surface area contributed by atoms with Crippen LogP contribution in [0.1, 0.15) is 62.5 Å². The van der Waals surface area contributed by atoms with E-state index in [-0.39, 0.29) is 17.9 Å². The molecule has 2 atom stereocenters. The summed E-state index contributed by atoms with van der Waals surface area (Å²) in [5, 5.41) is 9.37. The van der Waals surface area contributed by atoms with Gasteiger partial charge in [-0.05, 0) is 69.7 Å². The lowest BCUT2D eigenvalue weighted by Gasteiger charge is -2.39. The van der Waals surface area contributed by atoms with Crippen LogP contribution in [0.15, 0.2) is 18.2 Å². The highest BCUT2D eigenvalue weighted by atomic mass is 19.4. The zero-order valence-electron chi connectivity index (χ0n) is 24.8. The Morgan fingerprint density at radius 1 is 0.977 bits per heavy atom. The number of piperidine rings is 2. The van der Waals surface area contributed by atoms with Crippen LogP contribution < -0.4 is 4.90 Å². The Bertz CT molecular complexity index is 1150. The molecule has 0 saturated carbocycles. The molecule has 0 bridgehead atoms. The van der Waals surface area contributed by atoms with Gasteiger partial charge in [0.25, 0.3) is 0 Å². The van der Waals surface area contributed by atoms with E-state index >= 15 is 0 Å². The number of likely N-dealkylation sites (tertiary alicyclic amines) is 3. The van der Waals surface area contributed by atoms with Crippen LogP contribution in [0, 0.1) is 11.3 Å². The van der Waals surface area contributed by atoms with E-state index in [1.54, 1.807) is 6.07 Å². The molecule has 0 radical (unpaired) electrons. The van der Waals surface area contributed by atoms with E-state index < -0.39 is 48.4 Å². The van der Waals surface area contributed by atoms with E-state index in [0.717, 1.165) is 37.4 Å². The van der Waals surface area contributed by atoms with Gasteiger partial charge in [-0.3, -0.25) is 19.4 Å². The molecule has 2 unspecified atom stereocenters. The van der Waals surface area contributed by atoms with E-state index in [9.17, 15) is 36.6 Å². The normalized spacial score (nSPS) is 27.0. The molecule has 1 amide bonds. The van der Waals surface area contributed by atoms with Gasteiger partial charge in [-0.15, -0.1) is 0 Å². The van der Waals surface area contributed by atoms with Crippen molar-refractivity contribution >= 4 is 17.6 Å². The number of anilines is 1. The van der Waals surface area contributed by atoms with Crippen molar-refractivity contribution in [2.45, 2.75) is 69.6 Å². The predicted octanol–water partition coefficient (Wildman–Crippen LogP) is 4.81. The minimum Gasteiger partial charge on any atom is -0.481 e. The minimum atomic E-state index is -4.49. The number of aliphatic carboxylic acids is 1. The molecule has 5 rings (SSSR count). The number of nitrogens with zero attached hydrogens (tertiary/aromatic N) is 4. The van der Waals surface area contributed by atoms with Crippen molar-refractivity contribution in [2.75, 3.05) is 70.6 Å². The van der Waals surface area contributed by atoms with Crippen LogP contribution in [0.5, 0.6) is 0 Å². The second kappa shape index (κ2) is 12.9. The Kier molecular flexibility index (Phi) is 9.56. The molecule has 4 fully saturated rings. The van der Waals surface area contributed by atoms with Crippen molar-refractivity contribution in [3.63, 3.8) is 0 Å². The zero-order valence-corrected chi connectivity index (χ0v) is 24.8. The van der Waals surface area contributed by atoms with Gasteiger partial charge >= 0.3 is 12.1 Å². The molecule has 4 heterocycles. The number of alkyl halides is 5. The average molecular weight is 615 g/mol. The lowest BCUT2D eigenvalue weighted by Crippen LogP contribution is -2.50. The second-order valence-corrected chi connectivity index (χ2v) is 13.1. The van der Waals surface area contributed by atoms with Crippen molar-refractivity contribution in [1.29, 1.82) is 0 Å². The number of halogens is 5. The molecule has 4 aliphatic rings. The lowest BCUT2D eigenvalue weighted by atomic mass is 9.87. The summed E-state index contributed by atoms with van der Waals surface area (Å²) in [5.74, 6) is -1.41. The summed E-state index contributed by atoms with van der Waals surface area (Å²) in [4.78, 5) is 33.3. The summed E-state index contributed by atoms with van der Waals surface area (Å²) in [7, 11) is 0. The highest BCUT2D eigenvalue weighted by Gasteiger charge is 2.46. The van der Waals surface area contributed by atoms with Crippen LogP contribution in [-0.2, 0) is 15.8 Å². The van der Waals surface area contributed by atoms with Crippen molar-refractivity contribution in [3.8, 4) is 0 Å². The monoisotopic (exact) mass is 614 g/mol. The highest BCUT2D eigenvalue weighted by Crippen LogP contribution is 2.42. The SMILES string of the molecule is CC1(C(=O)N2CCC(c3ccc(C(F)(F)F)cc3N3CCC(C(=O)O)CC3)C2)CCN(C2CCN(C(CF)CF)CC2)C1. The van der Waals surface area contributed by atoms with Crippen LogP contribution >= 0.6 is 0 Å². The van der Waals surface area contributed by atoms with Crippen LogP contribution in [0.4, 0.5) is 27.6 Å². The summed E-state index contributed by atoms with van der Waals surface area (Å²) in [6.45, 7) is 5.02. The molecule has 4 aliphatic heterocycles. The molecule has 7 nitrogen and oxygen atoms in total. The summed E-state index contributed by atoms with van der Waals surface area (Å²) >= 11 is 0. The van der Waals surface area contributed by atoms with Gasteiger partial charge in [-0.25, -0.2) is 8.78 Å². The summed E-state index contributed by atoms with van der Waals surface area (Å²) in [5.41, 5.74) is -0.0206. The van der Waals surface area contributed by atoms with Gasteiger partial charge < -0.3 is 14.9 Å². The van der Waals surface area contributed by atoms with Gasteiger partial charge in [-0.1, -0.05) is 6.07 Å². The van der Waals surface area contributed by atoms with Crippen molar-refractivity contribution in [2.24, 2.45) is 11.3 Å². The summed E-state index contributed by atoms with van der Waals surface area (Å²) < 4.78 is 67.3. The third kappa shape index (κ3) is 6.79. The average Bonchev–Trinajstić information content (AvgIpc) is 3.65. The molecule has 43 heavy (non-hydrogen) atoms. The van der Waals surface area contributed by atoms with Gasteiger partial charge in [0.05, 0.1) is 22.9 Å². The van der Waals surface area contributed by atoms with Gasteiger partial charge in [0, 0.05) is 63.5 Å². The molecule has 1 N–H and O–H groups in total. The van der Waals surface area contributed by atoms with Gasteiger partial charge in [-0.2, -0.15) is 13.2 Å². The van der Waals surface area contributed by atoms with E-state index in [1.807, 2.05) is 21.6 Å². The number of carbonyl (C=O) groups is 2. The quantitative estimate of drug-likeness (QED) is 0.425. The molecule has 0 aliphatic carbocycles. The minimum absolute atomic E-state index is 0.0700. The number of rotatable bonds is 8. The van der Waals surface area contributed by atoms with Crippen LogP contribution in [0.2, 0.25) is 0 Å². The molecule has 1 aromatic carbocycles. The number of carboxylic acid groups (broad SMARTS) is 1. The number of hydrogen-bond acceptors (Lipinski definition) is 5. The lowest BCUT2D eigenvalue weighted by molar-refractivity contribution is -0.142. The maximum atomic E-state index is 13.9. The third-order valence-corrected chi connectivity index (χ3v) is 10.4. The van der Waals surface area contributed by atoms with Gasteiger partial charge in [0.1, 0.15) is 13.3 Å². The van der Waals surface area contributed by atoms with E-state index in [2.05, 4.69) is 4.90 Å². The molecule has 0 spiro atoms. The standard InChI is InChI=1S/C31H43F5N4O3/c1-30(9-15-40(20-30)24-7-13-37(14-8-24)25(17-32)18-33)29(43)39-12-6-22(19-39)26-3-2-23(31(34,35)36)16-27(26)38-10-4-21(5-11-38)28(41)42/h2-3,16,21-22,24-25H,4-15,17-20H2,1H3,(H,41,42). The molecule has 240 valence electrons. The number of amides is 1. The Labute approximate surface area is 250 Å². The van der Waals surface area contributed by atoms with Crippen molar-refractivity contribution in [3.05, 3.63) is 29.3 Å². The first-order valence-corrected chi connectivity index (χ1v) is 15.5. The Hall–Kier alpha value is -2.47. The van der Waals surface area contributed by atoms with E-state index in [1.165, 1.54) is 6.07 Å². The third-order valence-electron chi connectivity index (χ3n) is 10.4. The topological polar surface area (TPSA) is 67.3 Å².